The summed E-state index contributed by atoms with van der Waals surface area (Å²) in [7, 11) is 4.49. The molecule has 2 aromatic carbocycles. The number of nitro benzene ring substituents is 1. The average molecular weight is 604 g/mol. The number of aromatic nitrogens is 1. The molecule has 1 unspecified atom stereocenters. The fraction of sp³-hybridized carbons (Fsp3) is 0.258. The molecule has 4 aromatic rings. The van der Waals surface area contributed by atoms with Gasteiger partial charge in [-0.15, -0.1) is 0 Å². The zero-order chi connectivity index (χ0) is 31.0. The van der Waals surface area contributed by atoms with Crippen molar-refractivity contribution >= 4 is 28.9 Å². The third-order valence-electron chi connectivity index (χ3n) is 7.16. The van der Waals surface area contributed by atoms with Crippen LogP contribution in [-0.4, -0.2) is 36.6 Å². The molecule has 222 valence electrons. The van der Waals surface area contributed by atoms with Crippen molar-refractivity contribution in [3.8, 4) is 28.6 Å². The minimum Gasteiger partial charge on any atom is -0.493 e. The predicted molar refractivity (Wildman–Crippen MR) is 161 cm³/mol. The molecule has 0 bridgehead atoms. The molecule has 0 amide bonds. The standard InChI is InChI=1S/C31H29N3O8S/c1-7-22(35)27-17(3)32-31-33(28(27)18-13-24(39-4)29(41-6)25(14-18)40-5)30(36)26(43-31)15-19-9-11-23(42-19)20-10-8-16(2)12-21(20)34(37)38/h8-15,28H,7H2,1-6H3/b26-15-. The van der Waals surface area contributed by atoms with Gasteiger partial charge < -0.3 is 18.6 Å². The van der Waals surface area contributed by atoms with Crippen LogP contribution in [0.2, 0.25) is 0 Å². The van der Waals surface area contributed by atoms with Crippen LogP contribution in [0.3, 0.4) is 0 Å². The topological polar surface area (TPSA) is 135 Å². The number of Topliss-reactive ketones (excluding diaryl/α,β-unsaturated/α-hetero) is 1. The fourth-order valence-electron chi connectivity index (χ4n) is 5.15. The van der Waals surface area contributed by atoms with Gasteiger partial charge in [-0.1, -0.05) is 24.3 Å². The molecular formula is C31H29N3O8S. The van der Waals surface area contributed by atoms with E-state index >= 15 is 0 Å². The van der Waals surface area contributed by atoms with Gasteiger partial charge in [-0.2, -0.15) is 0 Å². The Morgan fingerprint density at radius 1 is 1.09 bits per heavy atom. The van der Waals surface area contributed by atoms with Gasteiger partial charge in [0.1, 0.15) is 11.5 Å². The third kappa shape index (κ3) is 5.25. The van der Waals surface area contributed by atoms with Crippen LogP contribution in [0.15, 0.2) is 67.9 Å². The number of rotatable bonds is 9. The predicted octanol–water partition coefficient (Wildman–Crippen LogP) is 4.72. The highest BCUT2D eigenvalue weighted by molar-refractivity contribution is 7.07. The second-order valence-corrected chi connectivity index (χ2v) is 10.8. The molecule has 0 aliphatic carbocycles. The van der Waals surface area contributed by atoms with Crippen LogP contribution in [-0.2, 0) is 4.79 Å². The molecule has 1 atom stereocenters. The summed E-state index contributed by atoms with van der Waals surface area (Å²) in [5.74, 6) is 1.63. The van der Waals surface area contributed by atoms with Crippen LogP contribution in [0.1, 0.15) is 43.2 Å². The van der Waals surface area contributed by atoms with Crippen molar-refractivity contribution in [3.63, 3.8) is 0 Å². The first-order valence-electron chi connectivity index (χ1n) is 13.3. The number of benzene rings is 2. The first-order valence-corrected chi connectivity index (χ1v) is 14.1. The van der Waals surface area contributed by atoms with Gasteiger partial charge in [0, 0.05) is 29.8 Å². The van der Waals surface area contributed by atoms with Crippen molar-refractivity contribution in [2.45, 2.75) is 33.2 Å². The summed E-state index contributed by atoms with van der Waals surface area (Å²) < 4.78 is 24.3. The maximum atomic E-state index is 14.0. The van der Waals surface area contributed by atoms with Gasteiger partial charge in [0.05, 0.1) is 42.4 Å². The molecule has 0 saturated heterocycles. The van der Waals surface area contributed by atoms with Gasteiger partial charge in [-0.25, -0.2) is 4.99 Å². The molecule has 0 spiro atoms. The van der Waals surface area contributed by atoms with E-state index in [9.17, 15) is 19.7 Å². The summed E-state index contributed by atoms with van der Waals surface area (Å²) in [5, 5.41) is 11.6. The van der Waals surface area contributed by atoms with E-state index < -0.39 is 11.0 Å². The van der Waals surface area contributed by atoms with E-state index in [1.807, 2.05) is 0 Å². The minimum absolute atomic E-state index is 0.0748. The van der Waals surface area contributed by atoms with Crippen molar-refractivity contribution < 1.29 is 28.3 Å². The van der Waals surface area contributed by atoms with Gasteiger partial charge in [-0.3, -0.25) is 24.3 Å². The molecule has 5 rings (SSSR count). The molecule has 0 saturated carbocycles. The zero-order valence-corrected chi connectivity index (χ0v) is 25.2. The number of ether oxygens (including phenoxy) is 3. The number of hydrogen-bond donors (Lipinski definition) is 0. The molecule has 0 fully saturated rings. The number of carbonyl (C=O) groups is 1. The number of fused-ring (bicyclic) bond motifs is 1. The molecule has 1 aliphatic rings. The van der Waals surface area contributed by atoms with E-state index in [4.69, 9.17) is 18.6 Å². The molecule has 11 nitrogen and oxygen atoms in total. The molecule has 2 aromatic heterocycles. The number of hydrogen-bond acceptors (Lipinski definition) is 10. The number of aryl methyl sites for hydroxylation is 1. The molecule has 12 heteroatoms. The Morgan fingerprint density at radius 3 is 2.40 bits per heavy atom. The summed E-state index contributed by atoms with van der Waals surface area (Å²) in [6.07, 6.45) is 1.79. The molecular weight excluding hydrogens is 574 g/mol. The summed E-state index contributed by atoms with van der Waals surface area (Å²) in [5.41, 5.74) is 2.11. The smallest absolute Gasteiger partial charge is 0.280 e. The summed E-state index contributed by atoms with van der Waals surface area (Å²) in [6, 6.07) is 10.8. The van der Waals surface area contributed by atoms with Gasteiger partial charge in [0.25, 0.3) is 11.2 Å². The first kappa shape index (κ1) is 29.5. The Balaban J connectivity index is 1.69. The number of thiazole rings is 1. The van der Waals surface area contributed by atoms with Crippen molar-refractivity contribution in [2.24, 2.45) is 4.99 Å². The van der Waals surface area contributed by atoms with Crippen LogP contribution in [0.25, 0.3) is 17.4 Å². The maximum absolute atomic E-state index is 14.0. The second kappa shape index (κ2) is 11.7. The SMILES string of the molecule is CCC(=O)C1=C(C)N=c2s/c(=C\c3ccc(-c4ccc(C)cc4[N+](=O)[O-])o3)c(=O)n2C1c1cc(OC)c(OC)c(OC)c1. The Labute approximate surface area is 250 Å². The van der Waals surface area contributed by atoms with Gasteiger partial charge >= 0.3 is 0 Å². The Morgan fingerprint density at radius 2 is 1.79 bits per heavy atom. The van der Waals surface area contributed by atoms with Gasteiger partial charge in [-0.05, 0) is 55.3 Å². The third-order valence-corrected chi connectivity index (χ3v) is 8.14. The number of furan rings is 1. The number of nitrogens with zero attached hydrogens (tertiary/aromatic N) is 3. The van der Waals surface area contributed by atoms with Crippen molar-refractivity contribution in [3.05, 3.63) is 100 Å². The van der Waals surface area contributed by atoms with Crippen LogP contribution in [0.5, 0.6) is 17.2 Å². The normalized spacial score (nSPS) is 14.7. The van der Waals surface area contributed by atoms with E-state index in [0.717, 1.165) is 16.9 Å². The van der Waals surface area contributed by atoms with Crippen LogP contribution >= 0.6 is 11.3 Å². The second-order valence-electron chi connectivity index (χ2n) is 9.80. The van der Waals surface area contributed by atoms with Crippen molar-refractivity contribution in [1.29, 1.82) is 0 Å². The Bertz CT molecular complexity index is 1960. The van der Waals surface area contributed by atoms with E-state index in [2.05, 4.69) is 4.99 Å². The lowest BCUT2D eigenvalue weighted by Crippen LogP contribution is -2.39. The highest BCUT2D eigenvalue weighted by Gasteiger charge is 2.33. The van der Waals surface area contributed by atoms with E-state index in [1.54, 1.807) is 63.2 Å². The first-order chi connectivity index (χ1) is 20.6. The fourth-order valence-corrected chi connectivity index (χ4v) is 6.17. The number of ketones is 1. The molecule has 1 aliphatic heterocycles. The van der Waals surface area contributed by atoms with E-state index in [1.165, 1.54) is 32.0 Å². The molecule has 0 N–H and O–H groups in total. The number of allylic oxidation sites excluding steroid dienone is 2. The molecule has 43 heavy (non-hydrogen) atoms. The molecule has 0 radical (unpaired) electrons. The van der Waals surface area contributed by atoms with Gasteiger partial charge in [0.15, 0.2) is 22.1 Å². The number of carbonyl (C=O) groups excluding carboxylic acids is 1. The van der Waals surface area contributed by atoms with Crippen molar-refractivity contribution in [2.75, 3.05) is 21.3 Å². The number of nitro groups is 1. The average Bonchev–Trinajstić information content (AvgIpc) is 3.58. The number of methoxy groups -OCH3 is 3. The van der Waals surface area contributed by atoms with E-state index in [-0.39, 0.29) is 23.5 Å². The van der Waals surface area contributed by atoms with E-state index in [0.29, 0.717) is 60.5 Å². The lowest BCUT2D eigenvalue weighted by molar-refractivity contribution is -0.384. The highest BCUT2D eigenvalue weighted by atomic mass is 32.1. The largest absolute Gasteiger partial charge is 0.493 e. The highest BCUT2D eigenvalue weighted by Crippen LogP contribution is 2.42. The van der Waals surface area contributed by atoms with Crippen LogP contribution < -0.4 is 29.1 Å². The summed E-state index contributed by atoms with van der Waals surface area (Å²) in [6.45, 7) is 5.28. The van der Waals surface area contributed by atoms with Crippen molar-refractivity contribution in [1.82, 2.24) is 4.57 Å². The zero-order valence-electron chi connectivity index (χ0n) is 24.4. The van der Waals surface area contributed by atoms with Gasteiger partial charge in [0.2, 0.25) is 5.75 Å². The summed E-state index contributed by atoms with van der Waals surface area (Å²) in [4.78, 5) is 43.5. The molecule has 3 heterocycles. The maximum Gasteiger partial charge on any atom is 0.280 e. The Hall–Kier alpha value is -4.97. The van der Waals surface area contributed by atoms with Crippen LogP contribution in [0, 0.1) is 17.0 Å². The monoisotopic (exact) mass is 603 g/mol. The summed E-state index contributed by atoms with van der Waals surface area (Å²) >= 11 is 1.15. The lowest BCUT2D eigenvalue weighted by Gasteiger charge is -2.26. The Kier molecular flexibility index (Phi) is 8.05. The van der Waals surface area contributed by atoms with Crippen LogP contribution in [0.4, 0.5) is 5.69 Å². The lowest BCUT2D eigenvalue weighted by atomic mass is 9.91. The quantitative estimate of drug-likeness (QED) is 0.198. The minimum atomic E-state index is -0.804.